The number of hydrogen-bond donors (Lipinski definition) is 1. The molecule has 0 radical (unpaired) electrons. The summed E-state index contributed by atoms with van der Waals surface area (Å²) in [4.78, 5) is 9.84. The van der Waals surface area contributed by atoms with Gasteiger partial charge in [0.15, 0.2) is 0 Å². The zero-order chi connectivity index (χ0) is 9.14. The van der Waals surface area contributed by atoms with Crippen LogP contribution in [0.5, 0.6) is 0 Å². The summed E-state index contributed by atoms with van der Waals surface area (Å²) in [6.45, 7) is 1.71. The van der Waals surface area contributed by atoms with Crippen molar-refractivity contribution in [3.05, 3.63) is 21.9 Å². The van der Waals surface area contributed by atoms with Gasteiger partial charge in [0.2, 0.25) is 0 Å². The quantitative estimate of drug-likeness (QED) is 0.404. The molecule has 0 bridgehead atoms. The summed E-state index contributed by atoms with van der Waals surface area (Å²) >= 11 is 0. The molecule has 0 aliphatic heterocycles. The van der Waals surface area contributed by atoms with Crippen LogP contribution in [0.1, 0.15) is 18.4 Å². The first-order valence-electron chi connectivity index (χ1n) is 3.30. The molecule has 0 aliphatic rings. The molecule has 5 heteroatoms. The second-order valence-electron chi connectivity index (χ2n) is 2.32. The van der Waals surface area contributed by atoms with Crippen LogP contribution in [0.2, 0.25) is 0 Å². The van der Waals surface area contributed by atoms with Crippen LogP contribution < -0.4 is 0 Å². The van der Waals surface area contributed by atoms with E-state index in [1.807, 2.05) is 0 Å². The fourth-order valence-corrected chi connectivity index (χ4v) is 0.842. The number of hydrogen-bond acceptors (Lipinski definition) is 3. The van der Waals surface area contributed by atoms with Crippen LogP contribution in [-0.2, 0) is 0 Å². The van der Waals surface area contributed by atoms with Crippen molar-refractivity contribution in [3.63, 3.8) is 0 Å². The molecule has 0 amide bonds. The number of nitrogens with zero attached hydrogens (tertiary/aromatic N) is 2. The van der Waals surface area contributed by atoms with Crippen molar-refractivity contribution in [2.45, 2.75) is 12.8 Å². The number of terminal acetylenes is 1. The van der Waals surface area contributed by atoms with E-state index in [0.29, 0.717) is 5.56 Å². The number of aromatic nitrogens is 2. The molecule has 1 rings (SSSR count). The number of nitro groups is 1. The summed E-state index contributed by atoms with van der Waals surface area (Å²) in [6.07, 6.45) is 6.50. The molecule has 0 saturated heterocycles. The molecule has 0 fully saturated rings. The number of rotatable bonds is 2. The van der Waals surface area contributed by atoms with Crippen molar-refractivity contribution in [1.82, 2.24) is 10.2 Å². The maximum absolute atomic E-state index is 10.4. The first-order valence-corrected chi connectivity index (χ1v) is 3.30. The molecule has 5 nitrogen and oxygen atoms in total. The molecule has 62 valence electrons. The lowest BCUT2D eigenvalue weighted by atomic mass is 10.1. The van der Waals surface area contributed by atoms with E-state index in [4.69, 9.17) is 6.42 Å². The second-order valence-corrected chi connectivity index (χ2v) is 2.32. The Labute approximate surface area is 68.9 Å². The van der Waals surface area contributed by atoms with Crippen LogP contribution in [0.25, 0.3) is 0 Å². The topological polar surface area (TPSA) is 71.8 Å². The van der Waals surface area contributed by atoms with Crippen molar-refractivity contribution in [2.75, 3.05) is 0 Å². The van der Waals surface area contributed by atoms with Gasteiger partial charge in [-0.1, -0.05) is 11.0 Å². The van der Waals surface area contributed by atoms with E-state index < -0.39 is 4.92 Å². The van der Waals surface area contributed by atoms with Gasteiger partial charge in [-0.3, -0.25) is 0 Å². The molecule has 1 aromatic heterocycles. The lowest BCUT2D eigenvalue weighted by molar-refractivity contribution is -0.390. The molecule has 1 heterocycles. The van der Waals surface area contributed by atoms with Crippen LogP contribution in [0.3, 0.4) is 0 Å². The summed E-state index contributed by atoms with van der Waals surface area (Å²) < 4.78 is 0. The van der Waals surface area contributed by atoms with Crippen LogP contribution in [-0.4, -0.2) is 15.1 Å². The van der Waals surface area contributed by atoms with Crippen LogP contribution >= 0.6 is 0 Å². The van der Waals surface area contributed by atoms with Crippen molar-refractivity contribution in [3.8, 4) is 12.3 Å². The summed E-state index contributed by atoms with van der Waals surface area (Å²) in [5.41, 5.74) is 0.447. The normalized spacial score (nSPS) is 12.0. The highest BCUT2D eigenvalue weighted by atomic mass is 16.6. The van der Waals surface area contributed by atoms with Gasteiger partial charge in [0.25, 0.3) is 0 Å². The minimum Gasteiger partial charge on any atom is -0.358 e. The van der Waals surface area contributed by atoms with Gasteiger partial charge in [0.1, 0.15) is 0 Å². The van der Waals surface area contributed by atoms with Gasteiger partial charge < -0.3 is 10.1 Å². The van der Waals surface area contributed by atoms with E-state index in [-0.39, 0.29) is 11.7 Å². The Hall–Kier alpha value is -1.83. The molecule has 1 atom stereocenters. The average molecular weight is 165 g/mol. The van der Waals surface area contributed by atoms with Crippen LogP contribution in [0, 0.1) is 22.5 Å². The smallest absolute Gasteiger partial charge is 0.347 e. The maximum atomic E-state index is 10.4. The Bertz CT molecular complexity index is 337. The Balaban J connectivity index is 3.09. The van der Waals surface area contributed by atoms with Crippen LogP contribution in [0.15, 0.2) is 6.20 Å². The minimum absolute atomic E-state index is 0.125. The van der Waals surface area contributed by atoms with E-state index >= 15 is 0 Å². The highest BCUT2D eigenvalue weighted by molar-refractivity contribution is 5.36. The van der Waals surface area contributed by atoms with E-state index in [9.17, 15) is 10.1 Å². The number of nitrogens with one attached hydrogen (secondary N) is 1. The molecule has 1 N–H and O–H groups in total. The van der Waals surface area contributed by atoms with E-state index in [0.717, 1.165) is 0 Å². The molecule has 0 spiro atoms. The van der Waals surface area contributed by atoms with Gasteiger partial charge in [0, 0.05) is 0 Å². The first-order chi connectivity index (χ1) is 5.66. The molecular formula is C7H7N3O2. The molecule has 12 heavy (non-hydrogen) atoms. The van der Waals surface area contributed by atoms with Crippen molar-refractivity contribution in [1.29, 1.82) is 0 Å². The summed E-state index contributed by atoms with van der Waals surface area (Å²) in [5.74, 6) is 1.99. The third-order valence-corrected chi connectivity index (χ3v) is 1.55. The van der Waals surface area contributed by atoms with Gasteiger partial charge in [-0.25, -0.2) is 0 Å². The van der Waals surface area contributed by atoms with Gasteiger partial charge in [0.05, 0.1) is 17.7 Å². The molecule has 0 saturated carbocycles. The largest absolute Gasteiger partial charge is 0.358 e. The molecule has 1 unspecified atom stereocenters. The minimum atomic E-state index is -0.532. The molecular weight excluding hydrogens is 158 g/mol. The third kappa shape index (κ3) is 1.27. The van der Waals surface area contributed by atoms with Crippen molar-refractivity contribution in [2.24, 2.45) is 0 Å². The standard InChI is InChI=1S/C7H7N3O2/c1-3-5(2)6-4-8-9-7(6)10(11)12/h1,4-5H,2H3,(H,8,9). The molecule has 0 aromatic carbocycles. The van der Waals surface area contributed by atoms with E-state index in [2.05, 4.69) is 16.1 Å². The zero-order valence-electron chi connectivity index (χ0n) is 6.44. The summed E-state index contributed by atoms with van der Waals surface area (Å²) in [6, 6.07) is 0. The highest BCUT2D eigenvalue weighted by Crippen LogP contribution is 2.22. The fraction of sp³-hybridized carbons (Fsp3) is 0.286. The third-order valence-electron chi connectivity index (χ3n) is 1.55. The second kappa shape index (κ2) is 3.05. The predicted molar refractivity (Wildman–Crippen MR) is 42.5 cm³/mol. The lowest BCUT2D eigenvalue weighted by Crippen LogP contribution is -1.95. The highest BCUT2D eigenvalue weighted by Gasteiger charge is 2.18. The predicted octanol–water partition coefficient (Wildman–Crippen LogP) is 1.05. The Morgan fingerprint density at radius 2 is 2.58 bits per heavy atom. The summed E-state index contributed by atoms with van der Waals surface area (Å²) in [7, 11) is 0. The van der Waals surface area contributed by atoms with Gasteiger partial charge >= 0.3 is 5.82 Å². The lowest BCUT2D eigenvalue weighted by Gasteiger charge is -1.98. The fourth-order valence-electron chi connectivity index (χ4n) is 0.842. The monoisotopic (exact) mass is 165 g/mol. The SMILES string of the molecule is C#CC(C)c1cn[nH]c1[N+](=O)[O-]. The first kappa shape index (κ1) is 8.27. The number of aromatic amines is 1. The Morgan fingerprint density at radius 3 is 3.08 bits per heavy atom. The van der Waals surface area contributed by atoms with Gasteiger partial charge in [-0.2, -0.15) is 0 Å². The number of H-pyrrole nitrogens is 1. The van der Waals surface area contributed by atoms with E-state index in [1.54, 1.807) is 6.92 Å². The summed E-state index contributed by atoms with van der Waals surface area (Å²) in [5, 5.41) is 16.2. The van der Waals surface area contributed by atoms with E-state index in [1.165, 1.54) is 6.20 Å². The van der Waals surface area contributed by atoms with Crippen LogP contribution in [0.4, 0.5) is 5.82 Å². The van der Waals surface area contributed by atoms with Crippen molar-refractivity contribution >= 4 is 5.82 Å². The van der Waals surface area contributed by atoms with Crippen molar-refractivity contribution < 1.29 is 4.92 Å². The van der Waals surface area contributed by atoms with Gasteiger partial charge in [-0.05, 0) is 11.8 Å². The molecule has 0 aliphatic carbocycles. The Morgan fingerprint density at radius 1 is 1.92 bits per heavy atom. The maximum Gasteiger partial charge on any atom is 0.347 e. The molecule has 1 aromatic rings. The Kier molecular flexibility index (Phi) is 2.10. The average Bonchev–Trinajstić information content (AvgIpc) is 2.50. The van der Waals surface area contributed by atoms with Gasteiger partial charge in [-0.15, -0.1) is 11.5 Å². The zero-order valence-corrected chi connectivity index (χ0v) is 6.44.